The van der Waals surface area contributed by atoms with E-state index in [-0.39, 0.29) is 23.6 Å². The molecular weight excluding hydrogens is 395 g/mol. The number of carbonyl (C=O) groups is 1. The van der Waals surface area contributed by atoms with E-state index in [0.717, 1.165) is 31.9 Å². The Balaban J connectivity index is 1.43. The Hall–Kier alpha value is -3.10. The molecule has 1 N–H and O–H groups in total. The van der Waals surface area contributed by atoms with Crippen LogP contribution in [0.25, 0.3) is 5.65 Å². The van der Waals surface area contributed by atoms with Crippen molar-refractivity contribution in [1.29, 1.82) is 0 Å². The number of amides is 1. The van der Waals surface area contributed by atoms with Gasteiger partial charge in [0.1, 0.15) is 11.5 Å². The summed E-state index contributed by atoms with van der Waals surface area (Å²) in [4.78, 5) is 22.0. The maximum atomic E-state index is 13.1. The van der Waals surface area contributed by atoms with Crippen molar-refractivity contribution >= 4 is 17.4 Å². The summed E-state index contributed by atoms with van der Waals surface area (Å²) in [5.41, 5.74) is -0.0487. The van der Waals surface area contributed by atoms with Crippen LogP contribution in [0, 0.1) is 0 Å². The fourth-order valence-corrected chi connectivity index (χ4v) is 3.99. The number of fused-ring (bicyclic) bond motifs is 1. The largest absolute Gasteiger partial charge is 0.434 e. The van der Waals surface area contributed by atoms with Crippen molar-refractivity contribution in [2.45, 2.75) is 43.9 Å². The van der Waals surface area contributed by atoms with E-state index in [1.165, 1.54) is 4.40 Å². The summed E-state index contributed by atoms with van der Waals surface area (Å²) in [6.45, 7) is 0. The summed E-state index contributed by atoms with van der Waals surface area (Å²) in [5, 5.41) is 3.06. The summed E-state index contributed by atoms with van der Waals surface area (Å²) in [7, 11) is 1.89. The quantitative estimate of drug-likeness (QED) is 0.699. The minimum absolute atomic E-state index is 0.0798. The molecule has 0 atom stereocenters. The number of hydrogen-bond donors (Lipinski definition) is 1. The lowest BCUT2D eigenvalue weighted by molar-refractivity contribution is -0.140. The number of pyridine rings is 2. The normalized spacial score (nSPS) is 19.6. The first-order valence-corrected chi connectivity index (χ1v) is 9.82. The van der Waals surface area contributed by atoms with Gasteiger partial charge in [0.2, 0.25) is 0 Å². The zero-order valence-electron chi connectivity index (χ0n) is 16.4. The highest BCUT2D eigenvalue weighted by molar-refractivity contribution is 5.94. The van der Waals surface area contributed by atoms with Crippen LogP contribution in [0.15, 0.2) is 48.9 Å². The van der Waals surface area contributed by atoms with Crippen LogP contribution in [0.4, 0.5) is 19.0 Å². The van der Waals surface area contributed by atoms with Gasteiger partial charge in [0.25, 0.3) is 5.91 Å². The number of carbonyl (C=O) groups excluding carboxylic acids is 1. The van der Waals surface area contributed by atoms with Crippen LogP contribution >= 0.6 is 0 Å². The molecule has 1 fully saturated rings. The van der Waals surface area contributed by atoms with E-state index in [9.17, 15) is 18.0 Å². The van der Waals surface area contributed by atoms with Gasteiger partial charge in [-0.25, -0.2) is 4.98 Å². The summed E-state index contributed by atoms with van der Waals surface area (Å²) >= 11 is 0. The fourth-order valence-electron chi connectivity index (χ4n) is 3.99. The van der Waals surface area contributed by atoms with Gasteiger partial charge in [-0.3, -0.25) is 14.2 Å². The monoisotopic (exact) mass is 417 g/mol. The van der Waals surface area contributed by atoms with E-state index >= 15 is 0 Å². The second kappa shape index (κ2) is 7.97. The molecule has 1 aliphatic rings. The molecule has 0 bridgehead atoms. The number of rotatable bonds is 4. The van der Waals surface area contributed by atoms with Crippen molar-refractivity contribution in [2.75, 3.05) is 11.9 Å². The van der Waals surface area contributed by atoms with E-state index in [4.69, 9.17) is 0 Å². The molecular formula is C21H22F3N5O. The van der Waals surface area contributed by atoms with Gasteiger partial charge in [0.15, 0.2) is 5.69 Å². The Morgan fingerprint density at radius 1 is 1.13 bits per heavy atom. The van der Waals surface area contributed by atoms with Gasteiger partial charge >= 0.3 is 6.18 Å². The van der Waals surface area contributed by atoms with Crippen LogP contribution in [0.2, 0.25) is 0 Å². The molecule has 3 aromatic rings. The van der Waals surface area contributed by atoms with E-state index in [2.05, 4.69) is 15.3 Å². The van der Waals surface area contributed by atoms with Crippen molar-refractivity contribution < 1.29 is 18.0 Å². The van der Waals surface area contributed by atoms with E-state index in [0.29, 0.717) is 11.4 Å². The van der Waals surface area contributed by atoms with Gasteiger partial charge in [-0.15, -0.1) is 0 Å². The first kappa shape index (κ1) is 20.2. The molecule has 4 rings (SSSR count). The highest BCUT2D eigenvalue weighted by atomic mass is 19.4. The Labute approximate surface area is 171 Å². The molecule has 0 aromatic carbocycles. The molecule has 1 aliphatic carbocycles. The number of halogens is 3. The van der Waals surface area contributed by atoms with Crippen molar-refractivity contribution in [3.8, 4) is 0 Å². The lowest BCUT2D eigenvalue weighted by atomic mass is 9.90. The number of aromatic nitrogens is 3. The summed E-state index contributed by atoms with van der Waals surface area (Å²) in [6, 6.07) is 8.68. The molecule has 9 heteroatoms. The van der Waals surface area contributed by atoms with Crippen molar-refractivity contribution in [2.24, 2.45) is 0 Å². The lowest BCUT2D eigenvalue weighted by Crippen LogP contribution is -2.43. The molecule has 158 valence electrons. The molecule has 0 saturated heterocycles. The molecule has 1 amide bonds. The predicted molar refractivity (Wildman–Crippen MR) is 106 cm³/mol. The maximum Gasteiger partial charge on any atom is 0.434 e. The van der Waals surface area contributed by atoms with Crippen LogP contribution in [0.3, 0.4) is 0 Å². The van der Waals surface area contributed by atoms with Gasteiger partial charge in [0.05, 0.1) is 0 Å². The Morgan fingerprint density at radius 2 is 1.83 bits per heavy atom. The van der Waals surface area contributed by atoms with Gasteiger partial charge in [-0.05, 0) is 49.9 Å². The van der Waals surface area contributed by atoms with Gasteiger partial charge in [-0.1, -0.05) is 6.07 Å². The average Bonchev–Trinajstić information content (AvgIpc) is 3.19. The minimum Gasteiger partial charge on any atom is -0.358 e. The zero-order chi connectivity index (χ0) is 21.3. The van der Waals surface area contributed by atoms with E-state index in [1.807, 2.05) is 11.9 Å². The Morgan fingerprint density at radius 3 is 2.50 bits per heavy atom. The highest BCUT2D eigenvalue weighted by Gasteiger charge is 2.34. The fraction of sp³-hybridized carbons (Fsp3) is 0.381. The van der Waals surface area contributed by atoms with Crippen molar-refractivity contribution in [3.63, 3.8) is 0 Å². The molecule has 0 aliphatic heterocycles. The molecule has 0 unspecified atom stereocenters. The molecule has 3 heterocycles. The maximum absolute atomic E-state index is 13.1. The number of anilines is 1. The molecule has 0 radical (unpaired) electrons. The van der Waals surface area contributed by atoms with E-state index in [1.54, 1.807) is 42.7 Å². The number of imidazole rings is 1. The number of alkyl halides is 3. The van der Waals surface area contributed by atoms with Crippen molar-refractivity contribution in [1.82, 2.24) is 19.7 Å². The van der Waals surface area contributed by atoms with Crippen LogP contribution in [-0.4, -0.2) is 39.4 Å². The van der Waals surface area contributed by atoms with Crippen LogP contribution < -0.4 is 10.2 Å². The third-order valence-corrected chi connectivity index (χ3v) is 5.64. The third kappa shape index (κ3) is 4.10. The third-order valence-electron chi connectivity index (χ3n) is 5.64. The molecule has 6 nitrogen and oxygen atoms in total. The number of nitrogens with zero attached hydrogens (tertiary/aromatic N) is 4. The molecule has 3 aromatic heterocycles. The topological polar surface area (TPSA) is 62.5 Å². The number of hydrogen-bond acceptors (Lipinski definition) is 4. The first-order valence-electron chi connectivity index (χ1n) is 9.82. The van der Waals surface area contributed by atoms with Gasteiger partial charge < -0.3 is 10.2 Å². The summed E-state index contributed by atoms with van der Waals surface area (Å²) in [6.07, 6.45) is 3.00. The summed E-state index contributed by atoms with van der Waals surface area (Å²) in [5.74, 6) is 0.553. The SMILES string of the molecule is CN(c1cccc2nc(C(F)(F)F)cn12)[C@H]1CC[C@@H](NC(=O)c2ccncc2)CC1. The predicted octanol–water partition coefficient (Wildman–Crippen LogP) is 3.93. The molecule has 1 saturated carbocycles. The Bertz CT molecular complexity index is 1030. The van der Waals surface area contributed by atoms with Gasteiger partial charge in [-0.2, -0.15) is 13.2 Å². The van der Waals surface area contributed by atoms with Gasteiger partial charge in [0, 0.05) is 43.3 Å². The molecule has 0 spiro atoms. The smallest absolute Gasteiger partial charge is 0.358 e. The second-order valence-corrected chi connectivity index (χ2v) is 7.56. The van der Waals surface area contributed by atoms with Crippen LogP contribution in [0.1, 0.15) is 41.7 Å². The zero-order valence-corrected chi connectivity index (χ0v) is 16.4. The minimum atomic E-state index is -4.48. The van der Waals surface area contributed by atoms with E-state index < -0.39 is 11.9 Å². The van der Waals surface area contributed by atoms with Crippen LogP contribution in [0.5, 0.6) is 0 Å². The van der Waals surface area contributed by atoms with Crippen molar-refractivity contribution in [3.05, 3.63) is 60.2 Å². The molecule has 30 heavy (non-hydrogen) atoms. The Kier molecular flexibility index (Phi) is 5.36. The van der Waals surface area contributed by atoms with Crippen LogP contribution in [-0.2, 0) is 6.18 Å². The average molecular weight is 417 g/mol. The second-order valence-electron chi connectivity index (χ2n) is 7.56. The number of nitrogens with one attached hydrogen (secondary N) is 1. The lowest BCUT2D eigenvalue weighted by Gasteiger charge is -2.36. The first-order chi connectivity index (χ1) is 14.3. The summed E-state index contributed by atoms with van der Waals surface area (Å²) < 4.78 is 40.7. The standard InChI is InChI=1S/C21H22F3N5O/c1-28(19-4-2-3-18-27-17(13-29(18)19)21(22,23)24)16-7-5-15(6-8-16)26-20(30)14-9-11-25-12-10-14/h2-4,9-13,15-16H,5-8H2,1H3,(H,26,30)/t15-,16+. The highest BCUT2D eigenvalue weighted by Crippen LogP contribution is 2.31.